The molecule has 0 aliphatic rings. The second kappa shape index (κ2) is 8.40. The summed E-state index contributed by atoms with van der Waals surface area (Å²) in [6.45, 7) is 4.33. The minimum Gasteiger partial charge on any atom is -0.465 e. The number of unbranched alkanes of at least 4 members (excludes halogenated alkanes) is 1. The van der Waals surface area contributed by atoms with Gasteiger partial charge < -0.3 is 15.8 Å². The topological polar surface area (TPSA) is 77.2 Å². The molecule has 0 aromatic carbocycles. The molecular weight excluding hydrogens is 254 g/mol. The number of hydrogen-bond donors (Lipinski definition) is 2. The van der Waals surface area contributed by atoms with Gasteiger partial charge in [-0.2, -0.15) is 0 Å². The number of hydrogen-bond acceptors (Lipinski definition) is 5. The van der Waals surface area contributed by atoms with Crippen LogP contribution in [0.3, 0.4) is 0 Å². The van der Waals surface area contributed by atoms with Crippen LogP contribution in [0.2, 0.25) is 0 Å². The molecule has 112 valence electrons. The molecule has 0 aliphatic carbocycles. The van der Waals surface area contributed by atoms with Crippen molar-refractivity contribution in [2.24, 2.45) is 0 Å². The van der Waals surface area contributed by atoms with Gasteiger partial charge in [0, 0.05) is 12.2 Å². The fourth-order valence-corrected chi connectivity index (χ4v) is 2.16. The van der Waals surface area contributed by atoms with E-state index in [2.05, 4.69) is 24.1 Å². The number of carbonyl (C=O) groups excluding carboxylic acids is 1. The van der Waals surface area contributed by atoms with E-state index in [1.807, 2.05) is 0 Å². The van der Waals surface area contributed by atoms with E-state index in [1.54, 1.807) is 12.3 Å². The number of nitrogens with zero attached hydrogens (tertiary/aromatic N) is 1. The van der Waals surface area contributed by atoms with E-state index in [9.17, 15) is 4.79 Å². The summed E-state index contributed by atoms with van der Waals surface area (Å²) >= 11 is 0. The molecule has 3 N–H and O–H groups in total. The summed E-state index contributed by atoms with van der Waals surface area (Å²) in [5, 5.41) is 3.36. The highest BCUT2D eigenvalue weighted by Crippen LogP contribution is 2.23. The number of rotatable bonds is 8. The van der Waals surface area contributed by atoms with Crippen LogP contribution in [0.5, 0.6) is 0 Å². The molecule has 0 radical (unpaired) electrons. The average molecular weight is 279 g/mol. The molecule has 1 rings (SSSR count). The van der Waals surface area contributed by atoms with Crippen LogP contribution in [-0.2, 0) is 4.74 Å². The molecule has 0 fully saturated rings. The maximum atomic E-state index is 11.6. The van der Waals surface area contributed by atoms with Crippen LogP contribution in [0.25, 0.3) is 0 Å². The number of pyridine rings is 1. The number of nitrogens with one attached hydrogen (secondary N) is 1. The van der Waals surface area contributed by atoms with Crippen LogP contribution in [0, 0.1) is 0 Å². The first-order valence-corrected chi connectivity index (χ1v) is 7.23. The van der Waals surface area contributed by atoms with Gasteiger partial charge in [-0.3, -0.25) is 0 Å². The number of ether oxygens (including phenoxy) is 1. The SMILES string of the molecule is CCCCC(CCC)Nc1nccc(C(=O)OC)c1N. The molecule has 1 atom stereocenters. The summed E-state index contributed by atoms with van der Waals surface area (Å²) in [4.78, 5) is 15.9. The molecule has 1 aromatic rings. The van der Waals surface area contributed by atoms with Crippen molar-refractivity contribution in [1.29, 1.82) is 0 Å². The molecule has 0 bridgehead atoms. The zero-order valence-electron chi connectivity index (χ0n) is 12.6. The molecule has 1 aromatic heterocycles. The van der Waals surface area contributed by atoms with Gasteiger partial charge in [-0.15, -0.1) is 0 Å². The lowest BCUT2D eigenvalue weighted by Crippen LogP contribution is -2.21. The third-order valence-electron chi connectivity index (χ3n) is 3.28. The molecular formula is C15H25N3O2. The van der Waals surface area contributed by atoms with Crippen LogP contribution < -0.4 is 11.1 Å². The van der Waals surface area contributed by atoms with Crippen LogP contribution in [0.15, 0.2) is 12.3 Å². The average Bonchev–Trinajstić information content (AvgIpc) is 2.46. The monoisotopic (exact) mass is 279 g/mol. The molecule has 5 nitrogen and oxygen atoms in total. The van der Waals surface area contributed by atoms with Gasteiger partial charge in [0.2, 0.25) is 0 Å². The Morgan fingerprint density at radius 3 is 2.75 bits per heavy atom. The highest BCUT2D eigenvalue weighted by Gasteiger charge is 2.16. The summed E-state index contributed by atoms with van der Waals surface area (Å²) in [5.41, 5.74) is 6.72. The van der Waals surface area contributed by atoms with E-state index >= 15 is 0 Å². The Morgan fingerprint density at radius 1 is 1.40 bits per heavy atom. The fraction of sp³-hybridized carbons (Fsp3) is 0.600. The van der Waals surface area contributed by atoms with E-state index in [4.69, 9.17) is 10.5 Å². The number of aromatic nitrogens is 1. The van der Waals surface area contributed by atoms with Crippen molar-refractivity contribution in [3.8, 4) is 0 Å². The second-order valence-electron chi connectivity index (χ2n) is 4.88. The lowest BCUT2D eigenvalue weighted by atomic mass is 10.0. The lowest BCUT2D eigenvalue weighted by molar-refractivity contribution is 0.0602. The van der Waals surface area contributed by atoms with Crippen molar-refractivity contribution in [2.45, 2.75) is 52.0 Å². The van der Waals surface area contributed by atoms with Crippen molar-refractivity contribution >= 4 is 17.5 Å². The van der Waals surface area contributed by atoms with Gasteiger partial charge in [0.15, 0.2) is 0 Å². The number of methoxy groups -OCH3 is 1. The van der Waals surface area contributed by atoms with E-state index in [1.165, 1.54) is 7.11 Å². The van der Waals surface area contributed by atoms with E-state index < -0.39 is 5.97 Å². The molecule has 0 amide bonds. The molecule has 0 saturated carbocycles. The fourth-order valence-electron chi connectivity index (χ4n) is 2.16. The van der Waals surface area contributed by atoms with Gasteiger partial charge in [0.25, 0.3) is 0 Å². The maximum absolute atomic E-state index is 11.6. The standard InChI is InChI=1S/C15H25N3O2/c1-4-6-8-11(7-5-2)18-14-13(16)12(9-10-17-14)15(19)20-3/h9-11H,4-8,16H2,1-3H3,(H,17,18). The third kappa shape index (κ3) is 4.40. The predicted octanol–water partition coefficient (Wildman–Crippen LogP) is 3.22. The Kier molecular flexibility index (Phi) is 6.84. The lowest BCUT2D eigenvalue weighted by Gasteiger charge is -2.20. The van der Waals surface area contributed by atoms with Crippen molar-refractivity contribution < 1.29 is 9.53 Å². The van der Waals surface area contributed by atoms with E-state index in [0.717, 1.165) is 32.1 Å². The Bertz CT molecular complexity index is 435. The van der Waals surface area contributed by atoms with Crippen LogP contribution in [0.4, 0.5) is 11.5 Å². The minimum atomic E-state index is -0.437. The van der Waals surface area contributed by atoms with Crippen molar-refractivity contribution in [2.75, 3.05) is 18.2 Å². The number of esters is 1. The normalized spacial score (nSPS) is 11.9. The third-order valence-corrected chi connectivity index (χ3v) is 3.28. The Hall–Kier alpha value is -1.78. The van der Waals surface area contributed by atoms with Gasteiger partial charge in [-0.05, 0) is 18.9 Å². The molecule has 0 saturated heterocycles. The van der Waals surface area contributed by atoms with E-state index in [0.29, 0.717) is 23.1 Å². The molecule has 0 spiro atoms. The summed E-state index contributed by atoms with van der Waals surface area (Å²) in [6.07, 6.45) is 7.13. The first-order valence-electron chi connectivity index (χ1n) is 7.23. The first kappa shape index (κ1) is 16.3. The Morgan fingerprint density at radius 2 is 2.15 bits per heavy atom. The number of nitrogen functional groups attached to an aromatic ring is 1. The number of carbonyl (C=O) groups is 1. The first-order chi connectivity index (χ1) is 9.63. The zero-order chi connectivity index (χ0) is 15.0. The molecule has 1 heterocycles. The van der Waals surface area contributed by atoms with E-state index in [-0.39, 0.29) is 0 Å². The summed E-state index contributed by atoms with van der Waals surface area (Å²) in [7, 11) is 1.34. The van der Waals surface area contributed by atoms with Gasteiger partial charge in [0.05, 0.1) is 18.4 Å². The van der Waals surface area contributed by atoms with Crippen LogP contribution >= 0.6 is 0 Å². The largest absolute Gasteiger partial charge is 0.465 e. The zero-order valence-corrected chi connectivity index (χ0v) is 12.6. The minimum absolute atomic E-state index is 0.336. The summed E-state index contributed by atoms with van der Waals surface area (Å²) < 4.78 is 4.71. The molecule has 5 heteroatoms. The van der Waals surface area contributed by atoms with Gasteiger partial charge in [0.1, 0.15) is 5.82 Å². The van der Waals surface area contributed by atoms with Crippen LogP contribution in [-0.4, -0.2) is 24.1 Å². The van der Waals surface area contributed by atoms with Crippen LogP contribution in [0.1, 0.15) is 56.3 Å². The highest BCUT2D eigenvalue weighted by atomic mass is 16.5. The smallest absolute Gasteiger partial charge is 0.340 e. The number of anilines is 2. The Balaban J connectivity index is 2.86. The quantitative estimate of drug-likeness (QED) is 0.714. The van der Waals surface area contributed by atoms with Crippen molar-refractivity contribution in [3.63, 3.8) is 0 Å². The summed E-state index contributed by atoms with van der Waals surface area (Å²) in [5.74, 6) is 0.135. The summed E-state index contributed by atoms with van der Waals surface area (Å²) in [6, 6.07) is 1.91. The Labute approximate surface area is 120 Å². The van der Waals surface area contributed by atoms with Gasteiger partial charge >= 0.3 is 5.97 Å². The molecule has 1 unspecified atom stereocenters. The van der Waals surface area contributed by atoms with Gasteiger partial charge in [-0.1, -0.05) is 33.1 Å². The second-order valence-corrected chi connectivity index (χ2v) is 4.88. The van der Waals surface area contributed by atoms with Crippen molar-refractivity contribution in [1.82, 2.24) is 4.98 Å². The molecule has 20 heavy (non-hydrogen) atoms. The molecule has 0 aliphatic heterocycles. The maximum Gasteiger partial charge on any atom is 0.340 e. The van der Waals surface area contributed by atoms with Gasteiger partial charge in [-0.25, -0.2) is 9.78 Å². The highest BCUT2D eigenvalue weighted by molar-refractivity contribution is 5.97. The predicted molar refractivity (Wildman–Crippen MR) is 81.8 cm³/mol. The number of nitrogens with two attached hydrogens (primary N) is 1. The van der Waals surface area contributed by atoms with Crippen molar-refractivity contribution in [3.05, 3.63) is 17.8 Å².